The predicted molar refractivity (Wildman–Crippen MR) is 148 cm³/mol. The van der Waals surface area contributed by atoms with Crippen LogP contribution < -0.4 is 0 Å². The maximum atomic E-state index is 13.4. The average molecular weight is 570 g/mol. The summed E-state index contributed by atoms with van der Waals surface area (Å²) in [5.74, 6) is -0.490. The largest absolute Gasteiger partial charge is 0.427 e. The summed E-state index contributed by atoms with van der Waals surface area (Å²) < 4.78 is 16.8. The lowest BCUT2D eigenvalue weighted by molar-refractivity contribution is -0.175. The van der Waals surface area contributed by atoms with Crippen molar-refractivity contribution in [2.45, 2.75) is 71.7 Å². The first kappa shape index (κ1) is 28.5. The zero-order valence-corrected chi connectivity index (χ0v) is 25.7. The summed E-state index contributed by atoms with van der Waals surface area (Å²) in [5.41, 5.74) is -0.410. The normalized spacial score (nSPS) is 27.0. The van der Waals surface area contributed by atoms with Gasteiger partial charge in [0.15, 0.2) is 13.5 Å². The Morgan fingerprint density at radius 1 is 1.22 bits per heavy atom. The highest BCUT2D eigenvalue weighted by atomic mass is 32.2. The molecule has 0 N–H and O–H groups in total. The molecule has 0 aromatic carbocycles. The summed E-state index contributed by atoms with van der Waals surface area (Å²) >= 11 is 3.45. The van der Waals surface area contributed by atoms with Crippen molar-refractivity contribution in [1.29, 1.82) is 0 Å². The number of nitrogens with zero attached hydrogens (tertiary/aromatic N) is 3. The lowest BCUT2D eigenvalue weighted by Gasteiger charge is -2.48. The SMILES string of the molecule is C[C@@H](O[Si](C)(C)C)[C@H]1C(=O)N2C(C(=O)OCOC(=O)C(C)(C)C)=C(SC3CN(C4=NCCS4)C3)[C@H](C)[C@H]12. The van der Waals surface area contributed by atoms with E-state index < -0.39 is 32.5 Å². The monoisotopic (exact) mass is 569 g/mol. The molecule has 0 bridgehead atoms. The number of aliphatic imine (C=N–C) groups is 1. The molecular formula is C25H39N3O6S2Si. The van der Waals surface area contributed by atoms with Crippen molar-refractivity contribution < 1.29 is 28.3 Å². The quantitative estimate of drug-likeness (QED) is 0.188. The molecule has 0 unspecified atom stereocenters. The van der Waals surface area contributed by atoms with Crippen molar-refractivity contribution in [2.75, 3.05) is 32.2 Å². The molecular weight excluding hydrogens is 531 g/mol. The lowest BCUT2D eigenvalue weighted by atomic mass is 9.79. The number of esters is 2. The van der Waals surface area contributed by atoms with E-state index in [0.717, 1.165) is 35.5 Å². The van der Waals surface area contributed by atoms with E-state index in [2.05, 4.69) is 36.5 Å². The number of hydrogen-bond donors (Lipinski definition) is 0. The van der Waals surface area contributed by atoms with Crippen LogP contribution in [0.25, 0.3) is 0 Å². The first-order valence-electron chi connectivity index (χ1n) is 12.9. The first-order chi connectivity index (χ1) is 17.2. The highest BCUT2D eigenvalue weighted by molar-refractivity contribution is 8.14. The Hall–Kier alpha value is -1.50. The Morgan fingerprint density at radius 3 is 2.46 bits per heavy atom. The predicted octanol–water partition coefficient (Wildman–Crippen LogP) is 3.52. The molecule has 1 amide bonds. The van der Waals surface area contributed by atoms with Crippen molar-refractivity contribution in [2.24, 2.45) is 22.2 Å². The molecule has 9 nitrogen and oxygen atoms in total. The van der Waals surface area contributed by atoms with Gasteiger partial charge in [-0.2, -0.15) is 0 Å². The van der Waals surface area contributed by atoms with Crippen LogP contribution in [0.3, 0.4) is 0 Å². The third-order valence-electron chi connectivity index (χ3n) is 6.80. The van der Waals surface area contributed by atoms with Gasteiger partial charge in [0.05, 0.1) is 30.0 Å². The zero-order chi connectivity index (χ0) is 27.3. The topological polar surface area (TPSA) is 97.7 Å². The van der Waals surface area contributed by atoms with E-state index in [0.29, 0.717) is 10.9 Å². The minimum atomic E-state index is -1.85. The van der Waals surface area contributed by atoms with E-state index in [9.17, 15) is 14.4 Å². The number of carbonyl (C=O) groups excluding carboxylic acids is 3. The fraction of sp³-hybridized carbons (Fsp3) is 0.760. The van der Waals surface area contributed by atoms with Gasteiger partial charge in [0.1, 0.15) is 5.70 Å². The minimum Gasteiger partial charge on any atom is -0.427 e. The van der Waals surface area contributed by atoms with Crippen LogP contribution in [0.2, 0.25) is 19.6 Å². The van der Waals surface area contributed by atoms with Gasteiger partial charge in [-0.15, -0.1) is 11.8 Å². The first-order valence-corrected chi connectivity index (χ1v) is 18.1. The second-order valence-corrected chi connectivity index (χ2v) is 18.9. The third kappa shape index (κ3) is 5.91. The average Bonchev–Trinajstić information content (AvgIpc) is 3.34. The molecule has 0 saturated carbocycles. The summed E-state index contributed by atoms with van der Waals surface area (Å²) in [6.07, 6.45) is -0.228. The molecule has 4 aliphatic rings. The summed E-state index contributed by atoms with van der Waals surface area (Å²) in [6, 6.07) is -0.146. The fourth-order valence-corrected chi connectivity index (χ4v) is 8.73. The van der Waals surface area contributed by atoms with Crippen LogP contribution in [0, 0.1) is 17.3 Å². The molecule has 4 aliphatic heterocycles. The van der Waals surface area contributed by atoms with Crippen molar-refractivity contribution in [3.05, 3.63) is 10.6 Å². The fourth-order valence-electron chi connectivity index (χ4n) is 5.07. The Bertz CT molecular complexity index is 1010. The smallest absolute Gasteiger partial charge is 0.358 e. The Labute approximate surface area is 229 Å². The number of β-lactam (4-membered cyclic amide) rings is 1. The number of fused-ring (bicyclic) bond motifs is 1. The molecule has 0 radical (unpaired) electrons. The summed E-state index contributed by atoms with van der Waals surface area (Å²) in [6.45, 7) is 17.7. The Balaban J connectivity index is 1.49. The molecule has 4 heterocycles. The standard InChI is InChI=1S/C25H39N3O6S2Si/c1-14-18-17(15(2)34-37(6,7)8)21(29)28(18)19(22(30)32-13-33-23(31)25(3,4)5)20(14)36-16-11-27(12-16)24-26-9-10-35-24/h14-18H,9-13H2,1-8H3/t14-,15-,17-,18-/m1/s1. The number of likely N-dealkylation sites (tertiary alicyclic amines) is 1. The molecule has 4 rings (SSSR count). The molecule has 0 spiro atoms. The summed E-state index contributed by atoms with van der Waals surface area (Å²) in [4.78, 5) is 48.1. The van der Waals surface area contributed by atoms with Gasteiger partial charge < -0.3 is 23.7 Å². The van der Waals surface area contributed by atoms with Gasteiger partial charge >= 0.3 is 11.9 Å². The van der Waals surface area contributed by atoms with Crippen LogP contribution in [0.4, 0.5) is 0 Å². The molecule has 206 valence electrons. The van der Waals surface area contributed by atoms with E-state index in [4.69, 9.17) is 13.9 Å². The summed E-state index contributed by atoms with van der Waals surface area (Å²) in [7, 11) is -1.85. The van der Waals surface area contributed by atoms with Crippen LogP contribution in [-0.2, 0) is 28.3 Å². The second kappa shape index (κ2) is 10.6. The van der Waals surface area contributed by atoms with Crippen molar-refractivity contribution in [3.8, 4) is 0 Å². The summed E-state index contributed by atoms with van der Waals surface area (Å²) in [5, 5.41) is 1.40. The highest BCUT2D eigenvalue weighted by Gasteiger charge is 2.61. The van der Waals surface area contributed by atoms with Gasteiger partial charge in [-0.3, -0.25) is 14.6 Å². The highest BCUT2D eigenvalue weighted by Crippen LogP contribution is 2.52. The number of thioether (sulfide) groups is 2. The molecule has 12 heteroatoms. The van der Waals surface area contributed by atoms with Crippen LogP contribution in [0.5, 0.6) is 0 Å². The molecule has 0 aliphatic carbocycles. The third-order valence-corrected chi connectivity index (χ3v) is 10.4. The number of ether oxygens (including phenoxy) is 2. The molecule has 0 aromatic heterocycles. The van der Waals surface area contributed by atoms with Gasteiger partial charge in [0.2, 0.25) is 12.7 Å². The van der Waals surface area contributed by atoms with Gasteiger partial charge in [-0.1, -0.05) is 18.7 Å². The second-order valence-electron chi connectivity index (χ2n) is 12.1. The number of amides is 1. The number of amidine groups is 1. The van der Waals surface area contributed by atoms with Crippen molar-refractivity contribution >= 4 is 54.9 Å². The molecule has 4 atom stereocenters. The van der Waals surface area contributed by atoms with Gasteiger partial charge in [0, 0.05) is 34.9 Å². The maximum absolute atomic E-state index is 13.4. The van der Waals surface area contributed by atoms with Crippen LogP contribution in [0.1, 0.15) is 34.6 Å². The van der Waals surface area contributed by atoms with Crippen LogP contribution in [0.15, 0.2) is 15.6 Å². The molecule has 2 fully saturated rings. The zero-order valence-electron chi connectivity index (χ0n) is 23.0. The van der Waals surface area contributed by atoms with Gasteiger partial charge in [-0.25, -0.2) is 4.79 Å². The van der Waals surface area contributed by atoms with E-state index in [-0.39, 0.29) is 29.9 Å². The van der Waals surface area contributed by atoms with Crippen molar-refractivity contribution in [1.82, 2.24) is 9.80 Å². The molecule has 2 saturated heterocycles. The minimum absolute atomic E-state index is 0.0210. The molecule has 0 aromatic rings. The van der Waals surface area contributed by atoms with E-state index in [1.807, 2.05) is 6.92 Å². The van der Waals surface area contributed by atoms with Gasteiger partial charge in [-0.05, 0) is 47.3 Å². The van der Waals surface area contributed by atoms with Crippen LogP contribution in [-0.4, -0.2) is 90.7 Å². The number of carbonyl (C=O) groups is 3. The van der Waals surface area contributed by atoms with Crippen LogP contribution >= 0.6 is 23.5 Å². The molecule has 37 heavy (non-hydrogen) atoms. The maximum Gasteiger partial charge on any atom is 0.358 e. The van der Waals surface area contributed by atoms with Gasteiger partial charge in [0.25, 0.3) is 0 Å². The van der Waals surface area contributed by atoms with E-state index in [1.54, 1.807) is 49.2 Å². The lowest BCUT2D eigenvalue weighted by Crippen LogP contribution is -2.64. The number of rotatable bonds is 8. The Morgan fingerprint density at radius 2 is 1.89 bits per heavy atom. The van der Waals surface area contributed by atoms with E-state index >= 15 is 0 Å². The number of hydrogen-bond acceptors (Lipinski definition) is 10. The Kier molecular flexibility index (Phi) is 8.15. The van der Waals surface area contributed by atoms with E-state index in [1.165, 1.54) is 0 Å². The van der Waals surface area contributed by atoms with Crippen molar-refractivity contribution in [3.63, 3.8) is 0 Å².